The van der Waals surface area contributed by atoms with Crippen LogP contribution in [0.3, 0.4) is 0 Å². The van der Waals surface area contributed by atoms with Crippen molar-refractivity contribution in [1.82, 2.24) is 0 Å². The summed E-state index contributed by atoms with van der Waals surface area (Å²) in [4.78, 5) is 2.44. The van der Waals surface area contributed by atoms with Crippen LogP contribution < -0.4 is 4.90 Å². The Balaban J connectivity index is 1.37. The molecule has 0 spiro atoms. The van der Waals surface area contributed by atoms with Crippen molar-refractivity contribution in [3.8, 4) is 0 Å². The van der Waals surface area contributed by atoms with Gasteiger partial charge in [0.15, 0.2) is 5.71 Å². The highest BCUT2D eigenvalue weighted by Gasteiger charge is 2.45. The Kier molecular flexibility index (Phi) is 5.18. The summed E-state index contributed by atoms with van der Waals surface area (Å²) in [6, 6.07) is 9.52. The van der Waals surface area contributed by atoms with E-state index in [1.165, 1.54) is 74.2 Å². The number of allylic oxidation sites excluding steroid dienone is 4. The first-order valence-electron chi connectivity index (χ1n) is 13.8. The van der Waals surface area contributed by atoms with Crippen molar-refractivity contribution in [3.63, 3.8) is 0 Å². The van der Waals surface area contributed by atoms with Crippen LogP contribution in [0.2, 0.25) is 0 Å². The van der Waals surface area contributed by atoms with Crippen LogP contribution in [0.15, 0.2) is 48.2 Å². The van der Waals surface area contributed by atoms with Gasteiger partial charge in [-0.1, -0.05) is 32.1 Å². The molecule has 182 valence electrons. The van der Waals surface area contributed by atoms with Gasteiger partial charge in [-0.05, 0) is 105 Å². The average molecular weight is 466 g/mol. The third kappa shape index (κ3) is 3.25. The lowest BCUT2D eigenvalue weighted by atomic mass is 9.75. The molecule has 0 aromatic heterocycles. The Morgan fingerprint density at radius 2 is 1.37 bits per heavy atom. The van der Waals surface area contributed by atoms with Crippen LogP contribution in [0.1, 0.15) is 86.8 Å². The maximum Gasteiger partial charge on any atom is 0.209 e. The van der Waals surface area contributed by atoms with E-state index in [0.29, 0.717) is 0 Å². The van der Waals surface area contributed by atoms with Gasteiger partial charge < -0.3 is 4.90 Å². The van der Waals surface area contributed by atoms with Gasteiger partial charge in [0.25, 0.3) is 0 Å². The molecule has 35 heavy (non-hydrogen) atoms. The zero-order valence-corrected chi connectivity index (χ0v) is 22.6. The van der Waals surface area contributed by atoms with E-state index in [9.17, 15) is 0 Å². The second-order valence-corrected chi connectivity index (χ2v) is 12.3. The van der Waals surface area contributed by atoms with Gasteiger partial charge in [0.05, 0.1) is 5.41 Å². The van der Waals surface area contributed by atoms with Gasteiger partial charge in [-0.25, -0.2) is 0 Å². The van der Waals surface area contributed by atoms with Gasteiger partial charge in [-0.3, -0.25) is 0 Å². The molecule has 0 unspecified atom stereocenters. The Morgan fingerprint density at radius 1 is 0.771 bits per heavy atom. The first-order chi connectivity index (χ1) is 16.7. The summed E-state index contributed by atoms with van der Waals surface area (Å²) >= 11 is 0. The fourth-order valence-electron chi connectivity index (χ4n) is 7.81. The first kappa shape index (κ1) is 22.8. The molecular weight excluding hydrogens is 424 g/mol. The number of fused-ring (bicyclic) bond motifs is 6. The van der Waals surface area contributed by atoms with E-state index < -0.39 is 0 Å². The summed E-state index contributed by atoms with van der Waals surface area (Å²) in [5, 5.41) is 0. The molecule has 2 aromatic carbocycles. The summed E-state index contributed by atoms with van der Waals surface area (Å²) in [5.41, 5.74) is 15.2. The minimum Gasteiger partial charge on any atom is -0.347 e. The van der Waals surface area contributed by atoms with Crippen molar-refractivity contribution in [2.75, 3.05) is 19.0 Å². The molecule has 0 saturated carbocycles. The number of aryl methyl sites for hydroxylation is 2. The highest BCUT2D eigenvalue weighted by Crippen LogP contribution is 2.50. The molecular formula is C33H41N2+. The molecule has 6 rings (SSSR count). The predicted octanol–water partition coefficient (Wildman–Crippen LogP) is 7.32. The lowest BCUT2D eigenvalue weighted by Crippen LogP contribution is -2.28. The van der Waals surface area contributed by atoms with Crippen LogP contribution in [0.4, 0.5) is 11.4 Å². The van der Waals surface area contributed by atoms with E-state index in [1.54, 1.807) is 33.4 Å². The quantitative estimate of drug-likeness (QED) is 0.421. The second kappa shape index (κ2) is 7.95. The molecule has 2 nitrogen and oxygen atoms in total. The number of nitrogens with zero attached hydrogens (tertiary/aromatic N) is 2. The minimum atomic E-state index is 0.0287. The van der Waals surface area contributed by atoms with E-state index >= 15 is 0 Å². The summed E-state index contributed by atoms with van der Waals surface area (Å²) in [6.07, 6.45) is 17.3. The molecule has 0 atom stereocenters. The third-order valence-electron chi connectivity index (χ3n) is 9.51. The van der Waals surface area contributed by atoms with E-state index in [4.69, 9.17) is 0 Å². The van der Waals surface area contributed by atoms with Gasteiger partial charge in [0.2, 0.25) is 5.69 Å². The van der Waals surface area contributed by atoms with Crippen LogP contribution in [0.25, 0.3) is 0 Å². The Labute approximate surface area is 212 Å². The predicted molar refractivity (Wildman–Crippen MR) is 149 cm³/mol. The zero-order chi connectivity index (χ0) is 24.5. The summed E-state index contributed by atoms with van der Waals surface area (Å²) in [7, 11) is 4.51. The molecule has 4 aliphatic rings. The van der Waals surface area contributed by atoms with Crippen LogP contribution in [0.5, 0.6) is 0 Å². The average Bonchev–Trinajstić information content (AvgIpc) is 3.17. The number of benzene rings is 2. The highest BCUT2D eigenvalue weighted by molar-refractivity contribution is 6.03. The van der Waals surface area contributed by atoms with E-state index in [2.05, 4.69) is 93.8 Å². The smallest absolute Gasteiger partial charge is 0.209 e. The molecule has 0 N–H and O–H groups in total. The van der Waals surface area contributed by atoms with Crippen molar-refractivity contribution in [2.45, 2.75) is 89.9 Å². The first-order valence-corrected chi connectivity index (χ1v) is 13.8. The standard InChI is InChI=1S/C33H41N2/c1-32(2)28(34(5)26-20-18-22-12-7-9-14-24(22)30(26)32)16-11-17-29-33(3,4)31-25-15-10-8-13-23(25)19-21-27(31)35(29)6/h11,16-21H,7-10,12-15H2,1-6H3/q+1. The lowest BCUT2D eigenvalue weighted by molar-refractivity contribution is -0.401. The van der Waals surface area contributed by atoms with Crippen LogP contribution in [-0.4, -0.2) is 24.4 Å². The molecule has 2 heterocycles. The molecule has 0 fully saturated rings. The Bertz CT molecular complexity index is 1320. The molecule has 2 aromatic rings. The SMILES string of the molecule is CN1/C(=C/C=C/C2=[N+](C)c3ccc4c(c3C2(C)C)CCCC4)C(C)(C)c2c1ccc1c2CCCC1. The molecule has 2 aliphatic carbocycles. The van der Waals surface area contributed by atoms with Crippen molar-refractivity contribution in [3.05, 3.63) is 81.6 Å². The van der Waals surface area contributed by atoms with Crippen molar-refractivity contribution in [1.29, 1.82) is 0 Å². The Hall–Kier alpha value is -2.61. The van der Waals surface area contributed by atoms with Crippen molar-refractivity contribution >= 4 is 17.1 Å². The summed E-state index contributed by atoms with van der Waals surface area (Å²) in [6.45, 7) is 9.69. The molecule has 2 heteroatoms. The molecule has 2 aliphatic heterocycles. The zero-order valence-electron chi connectivity index (χ0n) is 22.6. The molecule has 0 radical (unpaired) electrons. The largest absolute Gasteiger partial charge is 0.347 e. The second-order valence-electron chi connectivity index (χ2n) is 12.3. The van der Waals surface area contributed by atoms with Gasteiger partial charge in [-0.15, -0.1) is 0 Å². The van der Waals surface area contributed by atoms with E-state index in [0.717, 1.165) is 0 Å². The van der Waals surface area contributed by atoms with Gasteiger partial charge in [0.1, 0.15) is 7.05 Å². The minimum absolute atomic E-state index is 0.0287. The van der Waals surface area contributed by atoms with Crippen LogP contribution in [-0.2, 0) is 36.5 Å². The number of hydrogen-bond acceptors (Lipinski definition) is 1. The van der Waals surface area contributed by atoms with Crippen molar-refractivity contribution < 1.29 is 4.58 Å². The maximum atomic E-state index is 2.44. The molecule has 0 saturated heterocycles. The maximum absolute atomic E-state index is 2.44. The van der Waals surface area contributed by atoms with Crippen LogP contribution >= 0.6 is 0 Å². The normalized spacial score (nSPS) is 23.0. The number of rotatable bonds is 2. The monoisotopic (exact) mass is 465 g/mol. The fourth-order valence-corrected chi connectivity index (χ4v) is 7.81. The highest BCUT2D eigenvalue weighted by atomic mass is 15.2. The fraction of sp³-hybridized carbons (Fsp3) is 0.485. The van der Waals surface area contributed by atoms with Crippen LogP contribution in [0, 0.1) is 0 Å². The number of anilines is 1. The van der Waals surface area contributed by atoms with Gasteiger partial charge in [-0.2, -0.15) is 4.58 Å². The summed E-state index contributed by atoms with van der Waals surface area (Å²) < 4.78 is 2.44. The number of likely N-dealkylation sites (N-methyl/N-ethyl adjacent to an activating group) is 1. The third-order valence-corrected chi connectivity index (χ3v) is 9.51. The van der Waals surface area contributed by atoms with Gasteiger partial charge in [0, 0.05) is 41.6 Å². The molecule has 0 amide bonds. The lowest BCUT2D eigenvalue weighted by Gasteiger charge is -2.27. The van der Waals surface area contributed by atoms with Gasteiger partial charge >= 0.3 is 0 Å². The number of hydrogen-bond donors (Lipinski definition) is 0. The van der Waals surface area contributed by atoms with E-state index in [-0.39, 0.29) is 10.8 Å². The topological polar surface area (TPSA) is 6.25 Å². The molecule has 0 bridgehead atoms. The summed E-state index contributed by atoms with van der Waals surface area (Å²) in [5.74, 6) is 0. The Morgan fingerprint density at radius 3 is 2.06 bits per heavy atom. The van der Waals surface area contributed by atoms with E-state index in [1.807, 2.05) is 0 Å². The van der Waals surface area contributed by atoms with Crippen molar-refractivity contribution in [2.24, 2.45) is 0 Å².